The van der Waals surface area contributed by atoms with Crippen LogP contribution in [0.2, 0.25) is 0 Å². The van der Waals surface area contributed by atoms with Crippen LogP contribution in [-0.2, 0) is 9.59 Å². The van der Waals surface area contributed by atoms with Crippen molar-refractivity contribution >= 4 is 26.9 Å². The van der Waals surface area contributed by atoms with Gasteiger partial charge in [-0.15, -0.1) is 0 Å². The molecule has 0 aliphatic carbocycles. The highest BCUT2D eigenvalue weighted by Gasteiger charge is 2.31. The molecule has 0 bridgehead atoms. The van der Waals surface area contributed by atoms with Crippen LogP contribution in [0.25, 0.3) is 0 Å². The van der Waals surface area contributed by atoms with Gasteiger partial charge < -0.3 is 0 Å². The van der Waals surface area contributed by atoms with E-state index in [0.29, 0.717) is 11.3 Å². The Morgan fingerprint density at radius 1 is 1.31 bits per heavy atom. The van der Waals surface area contributed by atoms with E-state index in [1.54, 1.807) is 0 Å². The van der Waals surface area contributed by atoms with Gasteiger partial charge in [0, 0.05) is 11.7 Å². The first kappa shape index (κ1) is 11.3. The number of rotatable bonds is 2. The smallest absolute Gasteiger partial charge is 0.173 e. The van der Waals surface area contributed by atoms with E-state index in [1.165, 1.54) is 6.92 Å². The molecule has 0 spiro atoms. The molecule has 1 aromatic rings. The highest BCUT2D eigenvalue weighted by atomic mass is 32.2. The molecule has 0 N–H and O–H groups in total. The van der Waals surface area contributed by atoms with Crippen molar-refractivity contribution in [3.8, 4) is 0 Å². The Balaban J connectivity index is 2.42. The van der Waals surface area contributed by atoms with Gasteiger partial charge in [0.1, 0.15) is 0 Å². The van der Waals surface area contributed by atoms with E-state index < -0.39 is 0 Å². The monoisotopic (exact) mass is 234 g/mol. The van der Waals surface area contributed by atoms with Crippen LogP contribution in [0.5, 0.6) is 0 Å². The van der Waals surface area contributed by atoms with Crippen molar-refractivity contribution in [2.24, 2.45) is 0 Å². The van der Waals surface area contributed by atoms with Gasteiger partial charge in [0.2, 0.25) is 0 Å². The fraction of sp³-hybridized carbons (Fsp3) is 0.308. The topological polar surface area (TPSA) is 34.1 Å². The third kappa shape index (κ3) is 1.87. The number of carbonyl (C=O) groups excluding carboxylic acids is 2. The second kappa shape index (κ2) is 4.34. The number of hydrogen-bond donors (Lipinski definition) is 0. The average molecular weight is 234 g/mol. The molecule has 2 rings (SSSR count). The zero-order chi connectivity index (χ0) is 11.7. The van der Waals surface area contributed by atoms with Crippen molar-refractivity contribution in [3.05, 3.63) is 35.9 Å². The molecule has 0 saturated carbocycles. The lowest BCUT2D eigenvalue weighted by Crippen LogP contribution is -2.16. The van der Waals surface area contributed by atoms with E-state index in [9.17, 15) is 9.59 Å². The van der Waals surface area contributed by atoms with E-state index in [-0.39, 0.29) is 27.3 Å². The molecule has 0 fully saturated rings. The number of ketones is 2. The molecule has 0 amide bonds. The Hall–Kier alpha value is -1.22. The van der Waals surface area contributed by atoms with Gasteiger partial charge in [-0.25, -0.2) is 0 Å². The van der Waals surface area contributed by atoms with Crippen LogP contribution in [-0.4, -0.2) is 22.7 Å². The summed E-state index contributed by atoms with van der Waals surface area (Å²) in [5, 5.41) is 0.201. The maximum atomic E-state index is 11.8. The van der Waals surface area contributed by atoms with Gasteiger partial charge in [0.15, 0.2) is 11.6 Å². The van der Waals surface area contributed by atoms with Gasteiger partial charge in [-0.2, -0.15) is 10.5 Å². The Morgan fingerprint density at radius 2 is 1.94 bits per heavy atom. The summed E-state index contributed by atoms with van der Waals surface area (Å²) in [6, 6.07) is 9.98. The molecule has 1 heterocycles. The van der Waals surface area contributed by atoms with Crippen molar-refractivity contribution in [1.82, 2.24) is 0 Å². The number of benzene rings is 1. The lowest BCUT2D eigenvalue weighted by molar-refractivity contribution is -0.115. The van der Waals surface area contributed by atoms with Crippen LogP contribution in [0.1, 0.15) is 24.2 Å². The first-order valence-electron chi connectivity index (χ1n) is 5.22. The molecule has 16 heavy (non-hydrogen) atoms. The quantitative estimate of drug-likeness (QED) is 0.736. The predicted molar refractivity (Wildman–Crippen MR) is 68.0 cm³/mol. The van der Waals surface area contributed by atoms with Crippen LogP contribution < -0.4 is 0 Å². The lowest BCUT2D eigenvalue weighted by atomic mass is 10.1. The summed E-state index contributed by atoms with van der Waals surface area (Å²) >= 11 is 0. The first-order chi connectivity index (χ1) is 7.61. The van der Waals surface area contributed by atoms with E-state index in [1.807, 2.05) is 36.6 Å². The molecule has 1 aromatic carbocycles. The summed E-state index contributed by atoms with van der Waals surface area (Å²) in [7, 11) is -0.242. The molecule has 0 radical (unpaired) electrons. The molecular weight excluding hydrogens is 220 g/mol. The zero-order valence-corrected chi connectivity index (χ0v) is 10.2. The van der Waals surface area contributed by atoms with Crippen LogP contribution >= 0.6 is 10.5 Å². The van der Waals surface area contributed by atoms with Crippen molar-refractivity contribution in [3.63, 3.8) is 0 Å². The molecule has 84 valence electrons. The summed E-state index contributed by atoms with van der Waals surface area (Å²) in [6.45, 7) is 1.49. The molecule has 3 heteroatoms. The van der Waals surface area contributed by atoms with Crippen molar-refractivity contribution in [1.29, 1.82) is 0 Å². The third-order valence-corrected chi connectivity index (χ3v) is 5.32. The van der Waals surface area contributed by atoms with E-state index in [0.717, 1.165) is 5.56 Å². The highest BCUT2D eigenvalue weighted by Crippen LogP contribution is 2.42. The highest BCUT2D eigenvalue weighted by molar-refractivity contribution is 8.18. The van der Waals surface area contributed by atoms with Gasteiger partial charge in [-0.1, -0.05) is 30.3 Å². The van der Waals surface area contributed by atoms with Gasteiger partial charge in [0.25, 0.3) is 0 Å². The molecule has 1 aliphatic heterocycles. The van der Waals surface area contributed by atoms with Crippen LogP contribution in [0.4, 0.5) is 0 Å². The average Bonchev–Trinajstić information content (AvgIpc) is 2.55. The fourth-order valence-corrected chi connectivity index (χ4v) is 4.27. The normalized spacial score (nSPS) is 24.9. The van der Waals surface area contributed by atoms with Crippen LogP contribution in [0.15, 0.2) is 30.3 Å². The van der Waals surface area contributed by atoms with Crippen LogP contribution in [0, 0.1) is 0 Å². The number of Topliss-reactive ketones (excluding diaryl/α,β-unsaturated/α-hetero) is 2. The Morgan fingerprint density at radius 3 is 2.44 bits per heavy atom. The summed E-state index contributed by atoms with van der Waals surface area (Å²) in [6.07, 6.45) is 2.48. The standard InChI is InChI=1S/C13H14O2S/c1-9(14)13-11(15)8-12(16(13)2)10-6-4-3-5-7-10/h3-7,12H,8H2,1-2H3/t12-,16?/m0/s1. The second-order valence-electron chi connectivity index (χ2n) is 3.97. The van der Waals surface area contributed by atoms with Gasteiger partial charge >= 0.3 is 0 Å². The minimum absolute atomic E-state index is 0.0344. The molecule has 0 aromatic heterocycles. The van der Waals surface area contributed by atoms with Gasteiger partial charge in [0.05, 0.1) is 4.86 Å². The largest absolute Gasteiger partial charge is 0.294 e. The maximum Gasteiger partial charge on any atom is 0.173 e. The second-order valence-corrected chi connectivity index (χ2v) is 6.06. The summed E-state index contributed by atoms with van der Waals surface area (Å²) in [5.74, 6) is -0.0264. The Kier molecular flexibility index (Phi) is 3.06. The fourth-order valence-electron chi connectivity index (χ4n) is 2.12. The van der Waals surface area contributed by atoms with E-state index in [2.05, 4.69) is 0 Å². The van der Waals surface area contributed by atoms with E-state index >= 15 is 0 Å². The van der Waals surface area contributed by atoms with Gasteiger partial charge in [-0.05, 0) is 18.7 Å². The van der Waals surface area contributed by atoms with Gasteiger partial charge in [-0.3, -0.25) is 9.59 Å². The molecule has 2 atom stereocenters. The Bertz CT molecular complexity index is 474. The van der Waals surface area contributed by atoms with E-state index in [4.69, 9.17) is 0 Å². The molecule has 1 aliphatic rings. The van der Waals surface area contributed by atoms with Crippen molar-refractivity contribution in [2.75, 3.05) is 6.26 Å². The first-order valence-corrected chi connectivity index (χ1v) is 6.91. The minimum Gasteiger partial charge on any atom is -0.294 e. The SMILES string of the molecule is CC(=O)C1=S(C)[C@H](c2ccccc2)CC1=O. The number of hydrogen-bond acceptors (Lipinski definition) is 2. The number of carbonyl (C=O) groups is 2. The maximum absolute atomic E-state index is 11.8. The van der Waals surface area contributed by atoms with Crippen molar-refractivity contribution < 1.29 is 9.59 Å². The molecular formula is C13H14O2S. The minimum atomic E-state index is -0.242. The summed E-state index contributed by atoms with van der Waals surface area (Å²) < 4.78 is 0. The Labute approximate surface area is 97.6 Å². The molecule has 2 nitrogen and oxygen atoms in total. The third-order valence-electron chi connectivity index (χ3n) is 2.86. The summed E-state index contributed by atoms with van der Waals surface area (Å²) in [4.78, 5) is 23.7. The summed E-state index contributed by atoms with van der Waals surface area (Å²) in [5.41, 5.74) is 1.16. The van der Waals surface area contributed by atoms with Crippen LogP contribution in [0.3, 0.4) is 0 Å². The molecule has 1 unspecified atom stereocenters. The predicted octanol–water partition coefficient (Wildman–Crippen LogP) is 2.36. The van der Waals surface area contributed by atoms with Crippen molar-refractivity contribution in [2.45, 2.75) is 18.6 Å². The molecule has 0 saturated heterocycles. The zero-order valence-electron chi connectivity index (χ0n) is 9.40. The lowest BCUT2D eigenvalue weighted by Gasteiger charge is -2.12.